The zero-order valence-electron chi connectivity index (χ0n) is 12.3. The fraction of sp³-hybridized carbons (Fsp3) is 0.688. The molecule has 3 heteroatoms. The molecule has 0 saturated carbocycles. The van der Waals surface area contributed by atoms with E-state index in [0.29, 0.717) is 12.1 Å². The van der Waals surface area contributed by atoms with Crippen molar-refractivity contribution in [3.63, 3.8) is 0 Å². The molecule has 1 aromatic heterocycles. The van der Waals surface area contributed by atoms with Crippen LogP contribution in [0.25, 0.3) is 0 Å². The molecule has 0 aromatic carbocycles. The van der Waals surface area contributed by atoms with Gasteiger partial charge >= 0.3 is 0 Å². The van der Waals surface area contributed by atoms with Gasteiger partial charge in [-0.3, -0.25) is 4.98 Å². The Kier molecular flexibility index (Phi) is 5.80. The summed E-state index contributed by atoms with van der Waals surface area (Å²) in [6, 6.07) is 5.22. The molecule has 3 nitrogen and oxygen atoms in total. The molecule has 2 atom stereocenters. The number of pyridine rings is 1. The lowest BCUT2D eigenvalue weighted by atomic mass is 10.1. The first kappa shape index (κ1) is 14.5. The third-order valence-electron chi connectivity index (χ3n) is 4.03. The highest BCUT2D eigenvalue weighted by molar-refractivity contribution is 5.13. The molecule has 106 valence electrons. The van der Waals surface area contributed by atoms with Gasteiger partial charge in [0.25, 0.3) is 0 Å². The van der Waals surface area contributed by atoms with Crippen LogP contribution in [0, 0.1) is 0 Å². The summed E-state index contributed by atoms with van der Waals surface area (Å²) >= 11 is 0. The van der Waals surface area contributed by atoms with Crippen LogP contribution < -0.4 is 5.32 Å². The highest BCUT2D eigenvalue weighted by Crippen LogP contribution is 2.17. The van der Waals surface area contributed by atoms with E-state index in [9.17, 15) is 0 Å². The fourth-order valence-electron chi connectivity index (χ4n) is 2.94. The Balaban J connectivity index is 1.83. The van der Waals surface area contributed by atoms with Crippen molar-refractivity contribution in [3.05, 3.63) is 30.1 Å². The van der Waals surface area contributed by atoms with Gasteiger partial charge in [0.15, 0.2) is 0 Å². The first-order valence-electron chi connectivity index (χ1n) is 7.68. The molecule has 0 aliphatic carbocycles. The summed E-state index contributed by atoms with van der Waals surface area (Å²) in [6.07, 6.45) is 8.96. The maximum atomic E-state index is 4.21. The summed E-state index contributed by atoms with van der Waals surface area (Å²) in [5, 5.41) is 3.77. The average Bonchev–Trinajstić information content (AvgIpc) is 2.66. The molecule has 1 aromatic rings. The van der Waals surface area contributed by atoms with Crippen LogP contribution in [0.3, 0.4) is 0 Å². The standard InChI is InChI=1S/C16H27N3/c1-3-10-19-11-5-7-16(8-12-19)18-14(2)15-6-4-9-17-13-15/h4,6,9,13-14,16,18H,3,5,7-8,10-12H2,1-2H3/t14-,16?/m1/s1. The van der Waals surface area contributed by atoms with E-state index in [-0.39, 0.29) is 0 Å². The van der Waals surface area contributed by atoms with Crippen molar-refractivity contribution < 1.29 is 0 Å². The second-order valence-corrected chi connectivity index (χ2v) is 5.64. The van der Waals surface area contributed by atoms with Crippen molar-refractivity contribution in [2.45, 2.75) is 51.6 Å². The Labute approximate surface area is 117 Å². The summed E-state index contributed by atoms with van der Waals surface area (Å²) in [5.74, 6) is 0. The molecule has 1 aliphatic rings. The first-order chi connectivity index (χ1) is 9.29. The molecular weight excluding hydrogens is 234 g/mol. The van der Waals surface area contributed by atoms with Crippen LogP contribution >= 0.6 is 0 Å². The predicted molar refractivity (Wildman–Crippen MR) is 80.2 cm³/mol. The molecule has 0 bridgehead atoms. The summed E-state index contributed by atoms with van der Waals surface area (Å²) in [7, 11) is 0. The summed E-state index contributed by atoms with van der Waals surface area (Å²) < 4.78 is 0. The number of rotatable bonds is 5. The van der Waals surface area contributed by atoms with Crippen LogP contribution in [-0.4, -0.2) is 35.6 Å². The maximum absolute atomic E-state index is 4.21. The van der Waals surface area contributed by atoms with Gasteiger partial charge in [0.05, 0.1) is 0 Å². The van der Waals surface area contributed by atoms with Crippen LogP contribution in [-0.2, 0) is 0 Å². The molecule has 1 N–H and O–H groups in total. The highest BCUT2D eigenvalue weighted by atomic mass is 15.1. The topological polar surface area (TPSA) is 28.2 Å². The van der Waals surface area contributed by atoms with E-state index >= 15 is 0 Å². The average molecular weight is 261 g/mol. The van der Waals surface area contributed by atoms with E-state index in [1.165, 1.54) is 50.9 Å². The molecule has 1 fully saturated rings. The fourth-order valence-corrected chi connectivity index (χ4v) is 2.94. The van der Waals surface area contributed by atoms with E-state index in [1.54, 1.807) is 0 Å². The minimum absolute atomic E-state index is 0.399. The Bertz CT molecular complexity index is 352. The zero-order chi connectivity index (χ0) is 13.5. The van der Waals surface area contributed by atoms with Crippen molar-refractivity contribution in [2.75, 3.05) is 19.6 Å². The summed E-state index contributed by atoms with van der Waals surface area (Å²) in [6.45, 7) is 8.28. The van der Waals surface area contributed by atoms with E-state index < -0.39 is 0 Å². The lowest BCUT2D eigenvalue weighted by Crippen LogP contribution is -2.33. The van der Waals surface area contributed by atoms with Crippen LogP contribution in [0.4, 0.5) is 0 Å². The first-order valence-corrected chi connectivity index (χ1v) is 7.68. The van der Waals surface area contributed by atoms with Crippen molar-refractivity contribution in [1.82, 2.24) is 15.2 Å². The van der Waals surface area contributed by atoms with Gasteiger partial charge in [-0.15, -0.1) is 0 Å². The second kappa shape index (κ2) is 7.61. The van der Waals surface area contributed by atoms with Gasteiger partial charge in [0.2, 0.25) is 0 Å². The molecule has 19 heavy (non-hydrogen) atoms. The third-order valence-corrected chi connectivity index (χ3v) is 4.03. The Hall–Kier alpha value is -0.930. The molecule has 2 heterocycles. The number of likely N-dealkylation sites (tertiary alicyclic amines) is 1. The van der Waals surface area contributed by atoms with E-state index in [2.05, 4.69) is 35.1 Å². The van der Waals surface area contributed by atoms with Crippen LogP contribution in [0.1, 0.15) is 51.1 Å². The quantitative estimate of drug-likeness (QED) is 0.883. The SMILES string of the molecule is CCCN1CCCC(N[C@H](C)c2cccnc2)CC1. The maximum Gasteiger partial charge on any atom is 0.0315 e. The largest absolute Gasteiger partial charge is 0.307 e. The minimum atomic E-state index is 0.399. The van der Waals surface area contributed by atoms with Crippen LogP contribution in [0.15, 0.2) is 24.5 Å². The van der Waals surface area contributed by atoms with Crippen molar-refractivity contribution >= 4 is 0 Å². The van der Waals surface area contributed by atoms with Crippen LogP contribution in [0.2, 0.25) is 0 Å². The van der Waals surface area contributed by atoms with E-state index in [4.69, 9.17) is 0 Å². The smallest absolute Gasteiger partial charge is 0.0315 e. The second-order valence-electron chi connectivity index (χ2n) is 5.64. The van der Waals surface area contributed by atoms with Gasteiger partial charge in [-0.25, -0.2) is 0 Å². The highest BCUT2D eigenvalue weighted by Gasteiger charge is 2.18. The van der Waals surface area contributed by atoms with E-state index in [1.807, 2.05) is 18.5 Å². The number of aromatic nitrogens is 1. The number of nitrogens with zero attached hydrogens (tertiary/aromatic N) is 2. The molecular formula is C16H27N3. The number of nitrogens with one attached hydrogen (secondary N) is 1. The van der Waals surface area contributed by atoms with Gasteiger partial charge in [-0.1, -0.05) is 13.0 Å². The zero-order valence-corrected chi connectivity index (χ0v) is 12.3. The molecule has 1 saturated heterocycles. The third kappa shape index (κ3) is 4.59. The molecule has 0 amide bonds. The monoisotopic (exact) mass is 261 g/mol. The molecule has 0 spiro atoms. The van der Waals surface area contributed by atoms with Gasteiger partial charge in [-0.05, 0) is 63.9 Å². The van der Waals surface area contributed by atoms with Crippen molar-refractivity contribution in [3.8, 4) is 0 Å². The minimum Gasteiger partial charge on any atom is -0.307 e. The Morgan fingerprint density at radius 2 is 2.32 bits per heavy atom. The normalized spacial score (nSPS) is 22.9. The van der Waals surface area contributed by atoms with Gasteiger partial charge in [0.1, 0.15) is 0 Å². The van der Waals surface area contributed by atoms with E-state index in [0.717, 1.165) is 0 Å². The lowest BCUT2D eigenvalue weighted by molar-refractivity contribution is 0.281. The molecule has 2 rings (SSSR count). The van der Waals surface area contributed by atoms with Crippen molar-refractivity contribution in [2.24, 2.45) is 0 Å². The number of hydrogen-bond donors (Lipinski definition) is 1. The lowest BCUT2D eigenvalue weighted by Gasteiger charge is -2.23. The predicted octanol–water partition coefficient (Wildman–Crippen LogP) is 3.00. The molecule has 1 unspecified atom stereocenters. The molecule has 1 aliphatic heterocycles. The molecule has 0 radical (unpaired) electrons. The summed E-state index contributed by atoms with van der Waals surface area (Å²) in [5.41, 5.74) is 1.29. The van der Waals surface area contributed by atoms with Crippen LogP contribution in [0.5, 0.6) is 0 Å². The van der Waals surface area contributed by atoms with Gasteiger partial charge in [-0.2, -0.15) is 0 Å². The Morgan fingerprint density at radius 3 is 3.05 bits per heavy atom. The van der Waals surface area contributed by atoms with Gasteiger partial charge in [0, 0.05) is 24.5 Å². The van der Waals surface area contributed by atoms with Crippen molar-refractivity contribution in [1.29, 1.82) is 0 Å². The van der Waals surface area contributed by atoms with Gasteiger partial charge < -0.3 is 10.2 Å². The summed E-state index contributed by atoms with van der Waals surface area (Å²) in [4.78, 5) is 6.81. The Morgan fingerprint density at radius 1 is 1.42 bits per heavy atom. The number of hydrogen-bond acceptors (Lipinski definition) is 3.